The normalized spacial score (nSPS) is 13.8. The number of nitrogens with zero attached hydrogens (tertiary/aromatic N) is 2. The maximum atomic E-state index is 13.0. The van der Waals surface area contributed by atoms with E-state index in [2.05, 4.69) is 10.1 Å². The molecule has 7 heteroatoms. The van der Waals surface area contributed by atoms with Crippen LogP contribution in [-0.4, -0.2) is 15.2 Å². The SMILES string of the molecule is OC(c1ccccc1)(c1cccnc1)c1cc(-c2cccc(C(F)(F)F)c2)no1. The van der Waals surface area contributed by atoms with Gasteiger partial charge in [-0.25, -0.2) is 0 Å². The summed E-state index contributed by atoms with van der Waals surface area (Å²) in [5, 5.41) is 15.5. The van der Waals surface area contributed by atoms with Crippen LogP contribution in [0.2, 0.25) is 0 Å². The van der Waals surface area contributed by atoms with E-state index in [1.165, 1.54) is 24.4 Å². The highest BCUT2D eigenvalue weighted by atomic mass is 19.4. The van der Waals surface area contributed by atoms with E-state index in [-0.39, 0.29) is 17.0 Å². The third-order valence-electron chi connectivity index (χ3n) is 4.62. The number of hydrogen-bond donors (Lipinski definition) is 1. The maximum absolute atomic E-state index is 13.0. The number of alkyl halides is 3. The minimum Gasteiger partial charge on any atom is -0.373 e. The molecule has 4 nitrogen and oxygen atoms in total. The quantitative estimate of drug-likeness (QED) is 0.525. The van der Waals surface area contributed by atoms with E-state index in [9.17, 15) is 18.3 Å². The summed E-state index contributed by atoms with van der Waals surface area (Å²) in [5.74, 6) is 0.0733. The third kappa shape index (κ3) is 3.52. The van der Waals surface area contributed by atoms with Gasteiger partial charge in [-0.3, -0.25) is 4.98 Å². The molecule has 0 saturated heterocycles. The molecule has 1 atom stereocenters. The van der Waals surface area contributed by atoms with Crippen LogP contribution in [0.3, 0.4) is 0 Å². The molecular weight excluding hydrogens is 381 g/mol. The molecule has 4 aromatic rings. The van der Waals surface area contributed by atoms with Crippen LogP contribution in [0.4, 0.5) is 13.2 Å². The number of halogens is 3. The first kappa shape index (κ1) is 18.9. The molecule has 0 fully saturated rings. The minimum absolute atomic E-state index is 0.0733. The van der Waals surface area contributed by atoms with Crippen molar-refractivity contribution in [2.45, 2.75) is 11.8 Å². The van der Waals surface area contributed by atoms with Crippen LogP contribution < -0.4 is 0 Å². The predicted molar refractivity (Wildman–Crippen MR) is 99.7 cm³/mol. The number of aromatic nitrogens is 2. The number of pyridine rings is 1. The number of rotatable bonds is 4. The predicted octanol–water partition coefficient (Wildman–Crippen LogP) is 5.04. The fourth-order valence-corrected chi connectivity index (χ4v) is 3.14. The molecule has 0 bridgehead atoms. The fraction of sp³-hybridized carbons (Fsp3) is 0.0909. The van der Waals surface area contributed by atoms with E-state index in [1.54, 1.807) is 42.6 Å². The van der Waals surface area contributed by atoms with Crippen LogP contribution >= 0.6 is 0 Å². The first-order chi connectivity index (χ1) is 13.9. The largest absolute Gasteiger partial charge is 0.416 e. The van der Waals surface area contributed by atoms with Crippen molar-refractivity contribution in [3.8, 4) is 11.3 Å². The second-order valence-electron chi connectivity index (χ2n) is 6.47. The average Bonchev–Trinajstić information content (AvgIpc) is 3.25. The Balaban J connectivity index is 1.82. The Labute approximate surface area is 164 Å². The Hall–Kier alpha value is -3.45. The monoisotopic (exact) mass is 396 g/mol. The summed E-state index contributed by atoms with van der Waals surface area (Å²) in [6, 6.07) is 18.4. The molecule has 0 aliphatic rings. The Kier molecular flexibility index (Phi) is 4.68. The van der Waals surface area contributed by atoms with E-state index >= 15 is 0 Å². The molecule has 2 aromatic carbocycles. The van der Waals surface area contributed by atoms with Gasteiger partial charge in [-0.1, -0.05) is 53.7 Å². The lowest BCUT2D eigenvalue weighted by atomic mass is 9.85. The van der Waals surface area contributed by atoms with Gasteiger partial charge >= 0.3 is 6.18 Å². The van der Waals surface area contributed by atoms with Crippen molar-refractivity contribution in [1.82, 2.24) is 10.1 Å². The molecule has 0 radical (unpaired) electrons. The van der Waals surface area contributed by atoms with Crippen molar-refractivity contribution >= 4 is 0 Å². The highest BCUT2D eigenvalue weighted by molar-refractivity contribution is 5.61. The summed E-state index contributed by atoms with van der Waals surface area (Å²) in [6.45, 7) is 0. The summed E-state index contributed by atoms with van der Waals surface area (Å²) in [4.78, 5) is 4.06. The van der Waals surface area contributed by atoms with Crippen molar-refractivity contribution in [3.63, 3.8) is 0 Å². The maximum Gasteiger partial charge on any atom is 0.416 e. The molecule has 146 valence electrons. The Morgan fingerprint density at radius 1 is 0.793 bits per heavy atom. The first-order valence-corrected chi connectivity index (χ1v) is 8.72. The zero-order valence-corrected chi connectivity index (χ0v) is 15.0. The van der Waals surface area contributed by atoms with Crippen LogP contribution in [0.5, 0.6) is 0 Å². The van der Waals surface area contributed by atoms with Gasteiger partial charge in [0.25, 0.3) is 0 Å². The van der Waals surface area contributed by atoms with Crippen LogP contribution in [0.15, 0.2) is 89.7 Å². The zero-order chi connectivity index (χ0) is 20.5. The smallest absolute Gasteiger partial charge is 0.373 e. The zero-order valence-electron chi connectivity index (χ0n) is 15.0. The van der Waals surface area contributed by atoms with Crippen LogP contribution in [0.25, 0.3) is 11.3 Å². The summed E-state index contributed by atoms with van der Waals surface area (Å²) < 4.78 is 44.5. The van der Waals surface area contributed by atoms with E-state index in [0.717, 1.165) is 12.1 Å². The third-order valence-corrected chi connectivity index (χ3v) is 4.62. The van der Waals surface area contributed by atoms with Crippen LogP contribution in [0, 0.1) is 0 Å². The number of benzene rings is 2. The average molecular weight is 396 g/mol. The van der Waals surface area contributed by atoms with Crippen LogP contribution in [-0.2, 0) is 11.8 Å². The topological polar surface area (TPSA) is 59.2 Å². The molecule has 4 rings (SSSR count). The lowest BCUT2D eigenvalue weighted by Crippen LogP contribution is -2.28. The number of hydrogen-bond acceptors (Lipinski definition) is 4. The standard InChI is InChI=1S/C22H15F3N2O2/c23-22(24,25)17-9-4-6-15(12-17)19-13-20(29-27-19)21(28,16-7-2-1-3-8-16)18-10-5-11-26-14-18/h1-14,28H. The molecule has 0 amide bonds. The van der Waals surface area contributed by atoms with Gasteiger partial charge in [-0.05, 0) is 23.8 Å². The molecule has 2 aromatic heterocycles. The van der Waals surface area contributed by atoms with Gasteiger partial charge in [0, 0.05) is 29.6 Å². The molecule has 0 spiro atoms. The lowest BCUT2D eigenvalue weighted by molar-refractivity contribution is -0.137. The van der Waals surface area contributed by atoms with Gasteiger partial charge in [0.1, 0.15) is 5.69 Å². The highest BCUT2D eigenvalue weighted by Crippen LogP contribution is 2.38. The summed E-state index contributed by atoms with van der Waals surface area (Å²) in [7, 11) is 0. The second kappa shape index (κ2) is 7.18. The summed E-state index contributed by atoms with van der Waals surface area (Å²) >= 11 is 0. The van der Waals surface area contributed by atoms with Crippen molar-refractivity contribution < 1.29 is 22.8 Å². The molecule has 0 aliphatic heterocycles. The fourth-order valence-electron chi connectivity index (χ4n) is 3.14. The van der Waals surface area contributed by atoms with Gasteiger partial charge in [-0.2, -0.15) is 13.2 Å². The van der Waals surface area contributed by atoms with Crippen molar-refractivity contribution in [1.29, 1.82) is 0 Å². The van der Waals surface area contributed by atoms with Gasteiger partial charge in [0.2, 0.25) is 0 Å². The van der Waals surface area contributed by atoms with Gasteiger partial charge in [-0.15, -0.1) is 0 Å². The van der Waals surface area contributed by atoms with Crippen molar-refractivity contribution in [2.75, 3.05) is 0 Å². The summed E-state index contributed by atoms with van der Waals surface area (Å²) in [6.07, 6.45) is -1.40. The Morgan fingerprint density at radius 3 is 2.21 bits per heavy atom. The van der Waals surface area contributed by atoms with E-state index < -0.39 is 17.3 Å². The van der Waals surface area contributed by atoms with Crippen LogP contribution in [0.1, 0.15) is 22.5 Å². The van der Waals surface area contributed by atoms with E-state index in [4.69, 9.17) is 4.52 Å². The van der Waals surface area contributed by atoms with Crippen molar-refractivity contribution in [2.24, 2.45) is 0 Å². The van der Waals surface area contributed by atoms with Crippen molar-refractivity contribution in [3.05, 3.63) is 108 Å². The molecule has 1 N–H and O–H groups in total. The lowest BCUT2D eigenvalue weighted by Gasteiger charge is -2.26. The summed E-state index contributed by atoms with van der Waals surface area (Å²) in [5.41, 5.74) is -1.12. The molecule has 0 saturated carbocycles. The Morgan fingerprint density at radius 2 is 1.52 bits per heavy atom. The number of aliphatic hydroxyl groups is 1. The first-order valence-electron chi connectivity index (χ1n) is 8.72. The highest BCUT2D eigenvalue weighted by Gasteiger charge is 2.38. The van der Waals surface area contributed by atoms with E-state index in [0.29, 0.717) is 11.1 Å². The molecule has 1 unspecified atom stereocenters. The Bertz CT molecular complexity index is 1070. The minimum atomic E-state index is -4.47. The molecule has 2 heterocycles. The molecule has 0 aliphatic carbocycles. The van der Waals surface area contributed by atoms with Gasteiger partial charge < -0.3 is 9.63 Å². The van der Waals surface area contributed by atoms with E-state index in [1.807, 2.05) is 6.07 Å². The van der Waals surface area contributed by atoms with Gasteiger partial charge in [0.15, 0.2) is 11.4 Å². The molecular formula is C22H15F3N2O2. The second-order valence-corrected chi connectivity index (χ2v) is 6.47. The molecule has 29 heavy (non-hydrogen) atoms. The van der Waals surface area contributed by atoms with Gasteiger partial charge in [0.05, 0.1) is 5.56 Å².